The van der Waals surface area contributed by atoms with Crippen molar-refractivity contribution in [3.63, 3.8) is 0 Å². The second-order valence-electron chi connectivity index (χ2n) is 5.80. The average Bonchev–Trinajstić information content (AvgIpc) is 3.26. The minimum atomic E-state index is -0.798. The van der Waals surface area contributed by atoms with Crippen LogP contribution in [0.1, 0.15) is 11.5 Å². The molecule has 1 radical (unpaired) electrons. The number of nitrogens with zero attached hydrogens (tertiary/aromatic N) is 1. The van der Waals surface area contributed by atoms with Gasteiger partial charge in [-0.2, -0.15) is 0 Å². The second kappa shape index (κ2) is 11.5. The summed E-state index contributed by atoms with van der Waals surface area (Å²) in [7, 11) is 0. The molecule has 3 rings (SSSR count). The Morgan fingerprint density at radius 2 is 2.14 bits per heavy atom. The maximum Gasteiger partial charge on any atom is 0.313 e. The Bertz CT molecular complexity index is 823. The molecular formula is C19H21NNaO6S. The van der Waals surface area contributed by atoms with Crippen LogP contribution in [0.5, 0.6) is 11.5 Å². The van der Waals surface area contributed by atoms with Crippen molar-refractivity contribution in [2.75, 3.05) is 31.5 Å². The maximum absolute atomic E-state index is 10.4. The third-order valence-electron chi connectivity index (χ3n) is 3.82. The van der Waals surface area contributed by atoms with E-state index in [1.807, 2.05) is 37.3 Å². The molecule has 0 spiro atoms. The van der Waals surface area contributed by atoms with Crippen molar-refractivity contribution in [1.82, 2.24) is 4.98 Å². The van der Waals surface area contributed by atoms with E-state index in [2.05, 4.69) is 4.98 Å². The van der Waals surface area contributed by atoms with Gasteiger partial charge >= 0.3 is 5.97 Å². The number of rotatable bonds is 10. The van der Waals surface area contributed by atoms with Crippen LogP contribution in [0.3, 0.4) is 0 Å². The Balaban J connectivity index is 0.00000280. The standard InChI is InChI=1S/C19H21NO6S.Na/c1-13-15(6-8-23-7-2-3-9-27-11-18(21)22)20-19(26-13)14-4-5-16-17(10-14)25-12-24-16;/h2-5,10H,6-9,11-12H2,1H3,(H,21,22);. The maximum atomic E-state index is 10.4. The van der Waals surface area contributed by atoms with E-state index < -0.39 is 5.97 Å². The summed E-state index contributed by atoms with van der Waals surface area (Å²) in [5, 5.41) is 8.54. The number of aromatic nitrogens is 1. The molecule has 1 N–H and O–H groups in total. The fourth-order valence-electron chi connectivity index (χ4n) is 2.48. The summed E-state index contributed by atoms with van der Waals surface area (Å²) in [4.78, 5) is 14.9. The molecule has 0 aliphatic carbocycles. The number of ether oxygens (including phenoxy) is 3. The van der Waals surface area contributed by atoms with Crippen molar-refractivity contribution in [1.29, 1.82) is 0 Å². The molecule has 0 saturated carbocycles. The summed E-state index contributed by atoms with van der Waals surface area (Å²) >= 11 is 1.35. The van der Waals surface area contributed by atoms with Crippen LogP contribution in [0.2, 0.25) is 0 Å². The van der Waals surface area contributed by atoms with Gasteiger partial charge in [-0.3, -0.25) is 4.79 Å². The molecule has 7 nitrogen and oxygen atoms in total. The van der Waals surface area contributed by atoms with E-state index >= 15 is 0 Å². The Kier molecular flexibility index (Phi) is 9.40. The minimum Gasteiger partial charge on any atom is -0.481 e. The van der Waals surface area contributed by atoms with Crippen molar-refractivity contribution in [3.8, 4) is 23.0 Å². The molecule has 145 valence electrons. The first-order chi connectivity index (χ1) is 13.1. The summed E-state index contributed by atoms with van der Waals surface area (Å²) in [6.07, 6.45) is 4.46. The van der Waals surface area contributed by atoms with Crippen LogP contribution in [-0.2, 0) is 16.0 Å². The van der Waals surface area contributed by atoms with Gasteiger partial charge in [0.25, 0.3) is 0 Å². The van der Waals surface area contributed by atoms with Crippen LogP contribution in [0.15, 0.2) is 34.8 Å². The molecular weight excluding hydrogens is 393 g/mol. The number of oxazole rings is 1. The average molecular weight is 414 g/mol. The van der Waals surface area contributed by atoms with Crippen molar-refractivity contribution >= 4 is 47.3 Å². The fourth-order valence-corrected chi connectivity index (χ4v) is 3.05. The molecule has 1 aliphatic rings. The molecule has 0 bridgehead atoms. The fraction of sp³-hybridized carbons (Fsp3) is 0.368. The molecule has 2 heterocycles. The molecule has 2 aromatic rings. The van der Waals surface area contributed by atoms with E-state index in [0.29, 0.717) is 37.0 Å². The van der Waals surface area contributed by atoms with Gasteiger partial charge in [-0.05, 0) is 25.1 Å². The molecule has 0 amide bonds. The summed E-state index contributed by atoms with van der Waals surface area (Å²) in [6.45, 7) is 3.14. The van der Waals surface area contributed by atoms with Crippen LogP contribution in [0.4, 0.5) is 0 Å². The number of thioether (sulfide) groups is 1. The first-order valence-corrected chi connectivity index (χ1v) is 9.67. The van der Waals surface area contributed by atoms with Gasteiger partial charge in [-0.1, -0.05) is 12.2 Å². The smallest absolute Gasteiger partial charge is 0.313 e. The van der Waals surface area contributed by atoms with Crippen molar-refractivity contribution in [2.24, 2.45) is 0 Å². The quantitative estimate of drug-likeness (QED) is 0.361. The Hall–Kier alpha value is -1.45. The van der Waals surface area contributed by atoms with E-state index in [-0.39, 0.29) is 42.1 Å². The first kappa shape index (κ1) is 22.8. The van der Waals surface area contributed by atoms with Crippen LogP contribution in [-0.4, -0.2) is 77.1 Å². The van der Waals surface area contributed by atoms with Crippen molar-refractivity contribution in [2.45, 2.75) is 13.3 Å². The summed E-state index contributed by atoms with van der Waals surface area (Å²) in [5.41, 5.74) is 1.71. The van der Waals surface area contributed by atoms with Gasteiger partial charge in [0.05, 0.1) is 24.7 Å². The zero-order valence-corrected chi connectivity index (χ0v) is 18.8. The number of fused-ring (bicyclic) bond motifs is 1. The first-order valence-electron chi connectivity index (χ1n) is 8.52. The molecule has 9 heteroatoms. The predicted molar refractivity (Wildman–Crippen MR) is 107 cm³/mol. The normalized spacial score (nSPS) is 12.3. The minimum absolute atomic E-state index is 0. The van der Waals surface area contributed by atoms with Gasteiger partial charge in [0.15, 0.2) is 11.5 Å². The zero-order valence-electron chi connectivity index (χ0n) is 16.0. The van der Waals surface area contributed by atoms with E-state index in [9.17, 15) is 4.79 Å². The van der Waals surface area contributed by atoms with Gasteiger partial charge in [-0.15, -0.1) is 11.8 Å². The molecule has 1 aromatic heterocycles. The van der Waals surface area contributed by atoms with Crippen molar-refractivity contribution in [3.05, 3.63) is 41.8 Å². The monoisotopic (exact) mass is 414 g/mol. The topological polar surface area (TPSA) is 91.0 Å². The summed E-state index contributed by atoms with van der Waals surface area (Å²) < 4.78 is 22.0. The van der Waals surface area contributed by atoms with E-state index in [1.54, 1.807) is 0 Å². The number of aryl methyl sites for hydroxylation is 1. The number of carboxylic acids is 1. The molecule has 28 heavy (non-hydrogen) atoms. The summed E-state index contributed by atoms with van der Waals surface area (Å²) in [6, 6.07) is 5.61. The zero-order chi connectivity index (χ0) is 19.1. The number of carboxylic acid groups (broad SMARTS) is 1. The Morgan fingerprint density at radius 3 is 2.96 bits per heavy atom. The van der Waals surface area contributed by atoms with Crippen molar-refractivity contribution < 1.29 is 28.5 Å². The summed E-state index contributed by atoms with van der Waals surface area (Å²) in [5.74, 6) is 2.72. The molecule has 1 aromatic carbocycles. The Morgan fingerprint density at radius 1 is 1.32 bits per heavy atom. The molecule has 0 unspecified atom stereocenters. The Labute approximate surface area is 189 Å². The molecule has 0 atom stereocenters. The third-order valence-corrected chi connectivity index (χ3v) is 4.69. The van der Waals surface area contributed by atoms with Gasteiger partial charge in [0.1, 0.15) is 5.76 Å². The molecule has 0 saturated heterocycles. The number of hydrogen-bond acceptors (Lipinski definition) is 7. The second-order valence-corrected chi connectivity index (χ2v) is 6.83. The van der Waals surface area contributed by atoms with Crippen LogP contribution in [0, 0.1) is 6.92 Å². The van der Waals surface area contributed by atoms with Gasteiger partial charge in [0, 0.05) is 47.3 Å². The van der Waals surface area contributed by atoms with E-state index in [4.69, 9.17) is 23.7 Å². The number of aliphatic carboxylic acids is 1. The molecule has 1 aliphatic heterocycles. The van der Waals surface area contributed by atoms with Gasteiger partial charge < -0.3 is 23.7 Å². The van der Waals surface area contributed by atoms with Crippen LogP contribution >= 0.6 is 11.8 Å². The number of benzene rings is 1. The number of carbonyl (C=O) groups is 1. The van der Waals surface area contributed by atoms with Gasteiger partial charge in [-0.25, -0.2) is 4.98 Å². The van der Waals surface area contributed by atoms with E-state index in [0.717, 1.165) is 22.8 Å². The van der Waals surface area contributed by atoms with Crippen LogP contribution < -0.4 is 9.47 Å². The van der Waals surface area contributed by atoms with Crippen LogP contribution in [0.25, 0.3) is 11.5 Å². The van der Waals surface area contributed by atoms with Gasteiger partial charge in [0.2, 0.25) is 12.7 Å². The predicted octanol–water partition coefficient (Wildman–Crippen LogP) is 2.93. The third kappa shape index (κ3) is 6.56. The SMILES string of the molecule is Cc1oc(-c2ccc3c(c2)OCO3)nc1CCOCC=CCSCC(=O)O.[Na]. The van der Waals surface area contributed by atoms with E-state index in [1.165, 1.54) is 11.8 Å². The number of hydrogen-bond donors (Lipinski definition) is 1. The molecule has 0 fully saturated rings. The largest absolute Gasteiger partial charge is 0.481 e.